The number of hydrogen-bond donors (Lipinski definition) is 1. The highest BCUT2D eigenvalue weighted by atomic mass is 16.6. The smallest absolute Gasteiger partial charge is 0.422 e. The van der Waals surface area contributed by atoms with Crippen LogP contribution in [0.25, 0.3) is 0 Å². The molecular formula is C17H14N2O5. The number of rotatable bonds is 5. The van der Waals surface area contributed by atoms with E-state index in [0.29, 0.717) is 5.56 Å². The van der Waals surface area contributed by atoms with Crippen molar-refractivity contribution >= 4 is 5.69 Å². The number of nitro groups is 1. The van der Waals surface area contributed by atoms with Crippen molar-refractivity contribution in [2.75, 3.05) is 0 Å². The van der Waals surface area contributed by atoms with Crippen molar-refractivity contribution in [2.45, 2.75) is 13.0 Å². The van der Waals surface area contributed by atoms with Gasteiger partial charge in [-0.2, -0.15) is 0 Å². The molecule has 7 nitrogen and oxygen atoms in total. The second kappa shape index (κ2) is 6.41. The maximum absolute atomic E-state index is 11.9. The Labute approximate surface area is 136 Å². The minimum Gasteiger partial charge on any atom is -0.492 e. The molecule has 1 heterocycles. The van der Waals surface area contributed by atoms with Crippen molar-refractivity contribution in [3.8, 4) is 5.88 Å². The van der Waals surface area contributed by atoms with Gasteiger partial charge >= 0.3 is 5.76 Å². The third-order valence-corrected chi connectivity index (χ3v) is 3.63. The van der Waals surface area contributed by atoms with E-state index in [1.165, 1.54) is 12.1 Å². The van der Waals surface area contributed by atoms with E-state index in [1.807, 2.05) is 30.3 Å². The molecule has 0 radical (unpaired) electrons. The van der Waals surface area contributed by atoms with Crippen LogP contribution < -0.4 is 5.76 Å². The van der Waals surface area contributed by atoms with E-state index < -0.39 is 10.7 Å². The highest BCUT2D eigenvalue weighted by Gasteiger charge is 2.17. The van der Waals surface area contributed by atoms with E-state index in [4.69, 9.17) is 4.42 Å². The predicted octanol–water partition coefficient (Wildman–Crippen LogP) is 2.69. The Balaban J connectivity index is 1.83. The largest absolute Gasteiger partial charge is 0.492 e. The quantitative estimate of drug-likeness (QED) is 0.574. The number of nitro benzene ring substituents is 1. The van der Waals surface area contributed by atoms with Crippen LogP contribution in [0.2, 0.25) is 0 Å². The maximum atomic E-state index is 11.9. The normalized spacial score (nSPS) is 10.7. The molecule has 2 aromatic carbocycles. The first-order valence-corrected chi connectivity index (χ1v) is 7.23. The van der Waals surface area contributed by atoms with Crippen molar-refractivity contribution in [3.63, 3.8) is 0 Å². The molecule has 0 fully saturated rings. The lowest BCUT2D eigenvalue weighted by molar-refractivity contribution is -0.384. The molecule has 0 aliphatic heterocycles. The molecule has 0 aliphatic rings. The van der Waals surface area contributed by atoms with E-state index in [1.54, 1.807) is 12.1 Å². The third kappa shape index (κ3) is 3.19. The van der Waals surface area contributed by atoms with Gasteiger partial charge in [0.25, 0.3) is 5.69 Å². The topological polar surface area (TPSA) is 98.5 Å². The molecule has 122 valence electrons. The van der Waals surface area contributed by atoms with Gasteiger partial charge in [-0.25, -0.2) is 9.36 Å². The fourth-order valence-electron chi connectivity index (χ4n) is 2.38. The molecule has 0 amide bonds. The van der Waals surface area contributed by atoms with Gasteiger partial charge in [0.05, 0.1) is 11.5 Å². The number of oxazole rings is 1. The molecular weight excluding hydrogens is 312 g/mol. The first kappa shape index (κ1) is 15.5. The van der Waals surface area contributed by atoms with Crippen molar-refractivity contribution in [1.82, 2.24) is 4.57 Å². The molecule has 1 N–H and O–H groups in total. The molecule has 0 saturated carbocycles. The molecule has 3 aromatic rings. The fourth-order valence-corrected chi connectivity index (χ4v) is 2.38. The number of aromatic nitrogens is 1. The lowest BCUT2D eigenvalue weighted by atomic mass is 10.1. The van der Waals surface area contributed by atoms with E-state index in [0.717, 1.165) is 10.1 Å². The van der Waals surface area contributed by atoms with Crippen LogP contribution in [0.15, 0.2) is 63.8 Å². The number of aromatic hydroxyl groups is 1. The van der Waals surface area contributed by atoms with Crippen LogP contribution in [0.4, 0.5) is 5.69 Å². The third-order valence-electron chi connectivity index (χ3n) is 3.63. The molecule has 0 aliphatic carbocycles. The van der Waals surface area contributed by atoms with Crippen molar-refractivity contribution in [3.05, 3.63) is 92.1 Å². The molecule has 0 saturated heterocycles. The van der Waals surface area contributed by atoms with Crippen LogP contribution >= 0.6 is 0 Å². The van der Waals surface area contributed by atoms with Gasteiger partial charge in [0, 0.05) is 18.6 Å². The zero-order valence-corrected chi connectivity index (χ0v) is 12.6. The monoisotopic (exact) mass is 326 g/mol. The SMILES string of the molecule is O=c1oc(Cc2ccc([N+](=O)[O-])cc2)c(O)n1Cc1ccccc1. The van der Waals surface area contributed by atoms with Gasteiger partial charge < -0.3 is 9.52 Å². The van der Waals surface area contributed by atoms with E-state index in [2.05, 4.69) is 0 Å². The predicted molar refractivity (Wildman–Crippen MR) is 86.1 cm³/mol. The molecule has 24 heavy (non-hydrogen) atoms. The lowest BCUT2D eigenvalue weighted by Crippen LogP contribution is -2.14. The molecule has 0 spiro atoms. The van der Waals surface area contributed by atoms with Gasteiger partial charge in [0.1, 0.15) is 0 Å². The van der Waals surface area contributed by atoms with Gasteiger partial charge in [-0.05, 0) is 11.1 Å². The van der Waals surface area contributed by atoms with Gasteiger partial charge in [-0.15, -0.1) is 0 Å². The van der Waals surface area contributed by atoms with Crippen LogP contribution in [0.1, 0.15) is 16.9 Å². The van der Waals surface area contributed by atoms with Crippen LogP contribution in [0, 0.1) is 10.1 Å². The summed E-state index contributed by atoms with van der Waals surface area (Å²) < 4.78 is 6.27. The summed E-state index contributed by atoms with van der Waals surface area (Å²) in [5, 5.41) is 20.9. The molecule has 3 rings (SSSR count). The Hall–Kier alpha value is -3.35. The molecule has 7 heteroatoms. The Morgan fingerprint density at radius 1 is 1.04 bits per heavy atom. The van der Waals surface area contributed by atoms with Crippen LogP contribution in [-0.2, 0) is 13.0 Å². The van der Waals surface area contributed by atoms with E-state index >= 15 is 0 Å². The summed E-state index contributed by atoms with van der Waals surface area (Å²) >= 11 is 0. The lowest BCUT2D eigenvalue weighted by Gasteiger charge is -2.03. The molecule has 0 unspecified atom stereocenters. The fraction of sp³-hybridized carbons (Fsp3) is 0.118. The Bertz CT molecular complexity index is 910. The summed E-state index contributed by atoms with van der Waals surface area (Å²) in [4.78, 5) is 22.1. The van der Waals surface area contributed by atoms with Gasteiger partial charge in [-0.1, -0.05) is 42.5 Å². The summed E-state index contributed by atoms with van der Waals surface area (Å²) in [7, 11) is 0. The zero-order chi connectivity index (χ0) is 17.1. The van der Waals surface area contributed by atoms with Crippen LogP contribution in [0.5, 0.6) is 5.88 Å². The second-order valence-corrected chi connectivity index (χ2v) is 5.29. The van der Waals surface area contributed by atoms with Crippen LogP contribution in [-0.4, -0.2) is 14.6 Å². The number of non-ortho nitro benzene ring substituents is 1. The highest BCUT2D eigenvalue weighted by Crippen LogP contribution is 2.21. The van der Waals surface area contributed by atoms with E-state index in [9.17, 15) is 20.0 Å². The van der Waals surface area contributed by atoms with Crippen molar-refractivity contribution in [2.24, 2.45) is 0 Å². The average molecular weight is 326 g/mol. The minimum atomic E-state index is -0.645. The Kier molecular flexibility index (Phi) is 4.15. The number of benzene rings is 2. The average Bonchev–Trinajstić information content (AvgIpc) is 2.84. The summed E-state index contributed by atoms with van der Waals surface area (Å²) in [6.45, 7) is 0.204. The van der Waals surface area contributed by atoms with Gasteiger partial charge in [0.2, 0.25) is 5.88 Å². The maximum Gasteiger partial charge on any atom is 0.422 e. The Morgan fingerprint density at radius 2 is 1.71 bits per heavy atom. The zero-order valence-electron chi connectivity index (χ0n) is 12.6. The number of nitrogens with zero attached hydrogens (tertiary/aromatic N) is 2. The first-order chi connectivity index (χ1) is 11.5. The standard InChI is InChI=1S/C17H14N2O5/c20-16-15(10-12-6-8-14(9-7-12)19(22)23)24-17(21)18(16)11-13-4-2-1-3-5-13/h1-9,20H,10-11H2. The summed E-state index contributed by atoms with van der Waals surface area (Å²) in [6.07, 6.45) is 0.168. The Morgan fingerprint density at radius 3 is 2.33 bits per heavy atom. The second-order valence-electron chi connectivity index (χ2n) is 5.29. The molecule has 0 atom stereocenters. The highest BCUT2D eigenvalue weighted by molar-refractivity contribution is 5.35. The summed E-state index contributed by atoms with van der Waals surface area (Å²) in [5.41, 5.74) is 1.53. The molecule has 1 aromatic heterocycles. The van der Waals surface area contributed by atoms with Crippen molar-refractivity contribution < 1.29 is 14.4 Å². The number of hydrogen-bond acceptors (Lipinski definition) is 5. The molecule has 0 bridgehead atoms. The van der Waals surface area contributed by atoms with E-state index in [-0.39, 0.29) is 30.3 Å². The summed E-state index contributed by atoms with van der Waals surface area (Å²) in [5.74, 6) is -0.750. The first-order valence-electron chi connectivity index (χ1n) is 7.23. The minimum absolute atomic E-state index is 0.0222. The van der Waals surface area contributed by atoms with Crippen LogP contribution in [0.3, 0.4) is 0 Å². The van der Waals surface area contributed by atoms with Crippen molar-refractivity contribution in [1.29, 1.82) is 0 Å². The van der Waals surface area contributed by atoms with Gasteiger partial charge in [0.15, 0.2) is 5.76 Å². The summed E-state index contributed by atoms with van der Waals surface area (Å²) in [6, 6.07) is 15.1. The van der Waals surface area contributed by atoms with Gasteiger partial charge in [-0.3, -0.25) is 10.1 Å².